The molecule has 1 rings (SSSR count). The van der Waals surface area contributed by atoms with Crippen LogP contribution in [-0.2, 0) is 22.1 Å². The minimum atomic E-state index is -2.68. The first-order valence-corrected chi connectivity index (χ1v) is 9.99. The van der Waals surface area contributed by atoms with E-state index in [-0.39, 0.29) is 0 Å². The third-order valence-electron chi connectivity index (χ3n) is 2.74. The van der Waals surface area contributed by atoms with Gasteiger partial charge in [0.05, 0.1) is 0 Å². The van der Waals surface area contributed by atoms with E-state index in [0.29, 0.717) is 0 Å². The molecule has 0 saturated carbocycles. The van der Waals surface area contributed by atoms with Crippen LogP contribution in [0.4, 0.5) is 0 Å². The predicted molar refractivity (Wildman–Crippen MR) is 93.9 cm³/mol. The molecule has 0 radical (unpaired) electrons. The van der Waals surface area contributed by atoms with E-state index < -0.39 is 32.6 Å². The van der Waals surface area contributed by atoms with Crippen LogP contribution in [0, 0.1) is 3.57 Å². The Balaban J connectivity index is 2.68. The topological polar surface area (TPSA) is 52.6 Å². The van der Waals surface area contributed by atoms with Crippen molar-refractivity contribution >= 4 is 32.6 Å². The number of hydrogen-bond acceptors (Lipinski definition) is 4. The third-order valence-corrected chi connectivity index (χ3v) is 6.52. The van der Waals surface area contributed by atoms with Crippen LogP contribution in [0.2, 0.25) is 0 Å². The van der Waals surface area contributed by atoms with E-state index in [4.69, 9.17) is 6.13 Å². The fourth-order valence-corrected chi connectivity index (χ4v) is 4.49. The molecule has 0 N–H and O–H groups in total. The first-order chi connectivity index (χ1) is 10.2. The zero-order valence-electron chi connectivity index (χ0n) is 13.9. The summed E-state index contributed by atoms with van der Waals surface area (Å²) in [5.41, 5.74) is 1.23. The standard InChI is InChI=1S/C16H25INO4/c1-13(19)21-17(22-14(2)20)16-10-8-15(9-11-16)7-6-12-18(3,4)5/h8-11H,6-7,12H2,1-5H3/q+1. The number of benzene rings is 1. The molecular formula is C16H25INO4+. The van der Waals surface area contributed by atoms with E-state index in [1.165, 1.54) is 19.4 Å². The first-order valence-electron chi connectivity index (χ1n) is 7.15. The Morgan fingerprint density at radius 2 is 1.50 bits per heavy atom. The van der Waals surface area contributed by atoms with E-state index in [0.717, 1.165) is 27.4 Å². The van der Waals surface area contributed by atoms with Gasteiger partial charge in [-0.05, 0) is 0 Å². The molecule has 0 aliphatic heterocycles. The van der Waals surface area contributed by atoms with E-state index in [1.54, 1.807) is 0 Å². The van der Waals surface area contributed by atoms with Crippen molar-refractivity contribution in [2.45, 2.75) is 26.7 Å². The SMILES string of the molecule is CC(=O)OI(OC(C)=O)c1ccc(CCC[N+](C)(C)C)cc1. The third kappa shape index (κ3) is 7.74. The predicted octanol–water partition coefficient (Wildman–Crippen LogP) is 2.96. The molecule has 0 atom stereocenters. The van der Waals surface area contributed by atoms with Gasteiger partial charge in [-0.15, -0.1) is 0 Å². The van der Waals surface area contributed by atoms with Crippen LogP contribution in [-0.4, -0.2) is 44.1 Å². The molecule has 6 heteroatoms. The summed E-state index contributed by atoms with van der Waals surface area (Å²) in [4.78, 5) is 22.3. The van der Waals surface area contributed by atoms with Gasteiger partial charge in [-0.3, -0.25) is 0 Å². The molecule has 1 aromatic carbocycles. The van der Waals surface area contributed by atoms with Crippen LogP contribution in [0.25, 0.3) is 0 Å². The normalized spacial score (nSPS) is 11.8. The number of carbonyl (C=O) groups is 2. The van der Waals surface area contributed by atoms with Gasteiger partial charge in [0.2, 0.25) is 0 Å². The van der Waals surface area contributed by atoms with Gasteiger partial charge in [0.1, 0.15) is 0 Å². The van der Waals surface area contributed by atoms with Crippen LogP contribution < -0.4 is 0 Å². The minimum absolute atomic E-state index is 0.418. The number of aryl methyl sites for hydroxylation is 1. The van der Waals surface area contributed by atoms with Crippen LogP contribution in [0.3, 0.4) is 0 Å². The summed E-state index contributed by atoms with van der Waals surface area (Å²) in [5.74, 6) is -0.836. The molecule has 0 aliphatic rings. The average molecular weight is 422 g/mol. The molecule has 124 valence electrons. The molecule has 22 heavy (non-hydrogen) atoms. The van der Waals surface area contributed by atoms with Crippen LogP contribution >= 0.6 is 20.6 Å². The zero-order valence-corrected chi connectivity index (χ0v) is 16.0. The van der Waals surface area contributed by atoms with E-state index in [9.17, 15) is 9.59 Å². The summed E-state index contributed by atoms with van der Waals surface area (Å²) >= 11 is -2.68. The quantitative estimate of drug-likeness (QED) is 0.501. The molecule has 1 aromatic rings. The molecule has 0 aliphatic carbocycles. The Kier molecular flexibility index (Phi) is 7.28. The maximum absolute atomic E-state index is 11.1. The molecule has 0 saturated heterocycles. The monoisotopic (exact) mass is 422 g/mol. The van der Waals surface area contributed by atoms with Gasteiger partial charge in [0, 0.05) is 0 Å². The molecule has 0 heterocycles. The molecule has 0 amide bonds. The zero-order chi connectivity index (χ0) is 16.8. The second-order valence-corrected chi connectivity index (χ2v) is 9.47. The van der Waals surface area contributed by atoms with Crippen molar-refractivity contribution in [2.24, 2.45) is 0 Å². The number of quaternary nitrogens is 1. The van der Waals surface area contributed by atoms with Gasteiger partial charge in [0.25, 0.3) is 0 Å². The van der Waals surface area contributed by atoms with E-state index >= 15 is 0 Å². The summed E-state index contributed by atoms with van der Waals surface area (Å²) in [7, 11) is 6.54. The van der Waals surface area contributed by atoms with Crippen molar-refractivity contribution in [1.29, 1.82) is 0 Å². The van der Waals surface area contributed by atoms with Crippen LogP contribution in [0.5, 0.6) is 0 Å². The number of halogens is 1. The Morgan fingerprint density at radius 3 is 1.91 bits per heavy atom. The second kappa shape index (κ2) is 8.47. The van der Waals surface area contributed by atoms with E-state index in [2.05, 4.69) is 21.1 Å². The molecule has 0 fully saturated rings. The molecular weight excluding hydrogens is 397 g/mol. The van der Waals surface area contributed by atoms with Gasteiger partial charge in [-0.25, -0.2) is 0 Å². The Labute approximate surface area is 140 Å². The van der Waals surface area contributed by atoms with Crippen molar-refractivity contribution in [3.8, 4) is 0 Å². The fraction of sp³-hybridized carbons (Fsp3) is 0.500. The molecule has 0 aromatic heterocycles. The first kappa shape index (κ1) is 18.9. The summed E-state index contributed by atoms with van der Waals surface area (Å²) in [5, 5.41) is 0. The average Bonchev–Trinajstić information content (AvgIpc) is 2.36. The van der Waals surface area contributed by atoms with Gasteiger partial charge in [-0.1, -0.05) is 0 Å². The van der Waals surface area contributed by atoms with Crippen molar-refractivity contribution < 1.29 is 20.2 Å². The summed E-state index contributed by atoms with van der Waals surface area (Å²) < 4.78 is 12.1. The van der Waals surface area contributed by atoms with Crippen molar-refractivity contribution in [3.63, 3.8) is 0 Å². The summed E-state index contributed by atoms with van der Waals surface area (Å²) in [6, 6.07) is 7.83. The van der Waals surface area contributed by atoms with E-state index in [1.807, 2.05) is 24.3 Å². The Morgan fingerprint density at radius 1 is 1.00 bits per heavy atom. The van der Waals surface area contributed by atoms with Crippen molar-refractivity contribution in [1.82, 2.24) is 0 Å². The number of nitrogens with zero attached hydrogens (tertiary/aromatic N) is 1. The van der Waals surface area contributed by atoms with Crippen LogP contribution in [0.1, 0.15) is 25.8 Å². The van der Waals surface area contributed by atoms with Crippen molar-refractivity contribution in [3.05, 3.63) is 33.4 Å². The Hall–Kier alpha value is -1.15. The van der Waals surface area contributed by atoms with Gasteiger partial charge in [-0.2, -0.15) is 0 Å². The number of carbonyl (C=O) groups excluding carboxylic acids is 2. The molecule has 0 bridgehead atoms. The summed E-state index contributed by atoms with van der Waals surface area (Å²) in [6.45, 7) is 3.77. The number of rotatable bonds is 7. The second-order valence-electron chi connectivity index (χ2n) is 6.10. The summed E-state index contributed by atoms with van der Waals surface area (Å²) in [6.07, 6.45) is 2.12. The number of hydrogen-bond donors (Lipinski definition) is 0. The van der Waals surface area contributed by atoms with Gasteiger partial charge >= 0.3 is 141 Å². The molecule has 0 spiro atoms. The molecule has 0 unspecified atom stereocenters. The molecule has 5 nitrogen and oxygen atoms in total. The maximum atomic E-state index is 11.1. The van der Waals surface area contributed by atoms with Gasteiger partial charge in [0.15, 0.2) is 0 Å². The van der Waals surface area contributed by atoms with Crippen molar-refractivity contribution in [2.75, 3.05) is 27.7 Å². The Bertz CT molecular complexity index is 492. The van der Waals surface area contributed by atoms with Crippen LogP contribution in [0.15, 0.2) is 24.3 Å². The van der Waals surface area contributed by atoms with Gasteiger partial charge < -0.3 is 0 Å². The fourth-order valence-electron chi connectivity index (χ4n) is 1.81.